The molecule has 0 aliphatic heterocycles. The van der Waals surface area contributed by atoms with E-state index < -0.39 is 10.8 Å². The summed E-state index contributed by atoms with van der Waals surface area (Å²) in [5.41, 5.74) is 3.93. The highest BCUT2D eigenvalue weighted by Gasteiger charge is 2.13. The fourth-order valence-corrected chi connectivity index (χ4v) is 1.69. The van der Waals surface area contributed by atoms with Crippen molar-refractivity contribution in [2.45, 2.75) is 13.8 Å². The zero-order valence-electron chi connectivity index (χ0n) is 11.5. The lowest BCUT2D eigenvalue weighted by Gasteiger charge is -2.03. The van der Waals surface area contributed by atoms with E-state index in [-0.39, 0.29) is 11.4 Å². The van der Waals surface area contributed by atoms with Crippen molar-refractivity contribution in [3.8, 4) is 0 Å². The standard InChI is InChI=1S/C14H13N3O4/c1-9-5-6-11(8-12(9)17(19)20)10(2)15-16-14(18)13-4-3-7-21-13/h3-8H,1-2H3,(H,16,18)/b15-10-. The summed E-state index contributed by atoms with van der Waals surface area (Å²) in [7, 11) is 0. The number of nitrogens with one attached hydrogen (secondary N) is 1. The average Bonchev–Trinajstić information content (AvgIpc) is 2.98. The Morgan fingerprint density at radius 1 is 1.38 bits per heavy atom. The van der Waals surface area contributed by atoms with Gasteiger partial charge in [-0.1, -0.05) is 12.1 Å². The first-order valence-corrected chi connectivity index (χ1v) is 6.12. The molecule has 1 heterocycles. The van der Waals surface area contributed by atoms with Crippen LogP contribution in [0.2, 0.25) is 0 Å². The first-order chi connectivity index (χ1) is 9.99. The first kappa shape index (κ1) is 14.4. The second-order valence-corrected chi connectivity index (χ2v) is 4.37. The van der Waals surface area contributed by atoms with Crippen molar-refractivity contribution in [2.24, 2.45) is 5.10 Å². The molecule has 2 aromatic rings. The van der Waals surface area contributed by atoms with E-state index in [4.69, 9.17) is 4.42 Å². The lowest BCUT2D eigenvalue weighted by Crippen LogP contribution is -2.18. The van der Waals surface area contributed by atoms with E-state index in [1.807, 2.05) is 0 Å². The number of nitro groups is 1. The van der Waals surface area contributed by atoms with Gasteiger partial charge < -0.3 is 4.42 Å². The molecular weight excluding hydrogens is 274 g/mol. The second kappa shape index (κ2) is 6.00. The SMILES string of the molecule is C/C(=N/NC(=O)c1ccco1)c1ccc(C)c([N+](=O)[O-])c1. The number of hydrazone groups is 1. The van der Waals surface area contributed by atoms with Crippen LogP contribution in [0, 0.1) is 17.0 Å². The monoisotopic (exact) mass is 287 g/mol. The summed E-state index contributed by atoms with van der Waals surface area (Å²) in [4.78, 5) is 22.1. The number of carbonyl (C=O) groups excluding carboxylic acids is 1. The molecular formula is C14H13N3O4. The smallest absolute Gasteiger partial charge is 0.307 e. The summed E-state index contributed by atoms with van der Waals surface area (Å²) in [6.07, 6.45) is 1.38. The summed E-state index contributed by atoms with van der Waals surface area (Å²) in [6.45, 7) is 3.31. The normalized spacial score (nSPS) is 11.2. The van der Waals surface area contributed by atoms with Crippen LogP contribution in [0.5, 0.6) is 0 Å². The van der Waals surface area contributed by atoms with E-state index >= 15 is 0 Å². The van der Waals surface area contributed by atoms with E-state index in [9.17, 15) is 14.9 Å². The molecule has 21 heavy (non-hydrogen) atoms. The topological polar surface area (TPSA) is 97.7 Å². The Morgan fingerprint density at radius 3 is 2.76 bits per heavy atom. The lowest BCUT2D eigenvalue weighted by atomic mass is 10.1. The minimum Gasteiger partial charge on any atom is -0.459 e. The zero-order valence-corrected chi connectivity index (χ0v) is 11.5. The van der Waals surface area contributed by atoms with E-state index in [0.29, 0.717) is 16.8 Å². The van der Waals surface area contributed by atoms with Crippen molar-refractivity contribution >= 4 is 17.3 Å². The number of aryl methyl sites for hydroxylation is 1. The molecule has 1 aromatic carbocycles. The highest BCUT2D eigenvalue weighted by Crippen LogP contribution is 2.19. The number of nitrogens with zero attached hydrogens (tertiary/aromatic N) is 2. The summed E-state index contributed by atoms with van der Waals surface area (Å²) in [5.74, 6) is -0.345. The number of nitro benzene ring substituents is 1. The third-order valence-corrected chi connectivity index (χ3v) is 2.89. The van der Waals surface area contributed by atoms with Gasteiger partial charge in [0, 0.05) is 17.2 Å². The maximum absolute atomic E-state index is 11.7. The predicted molar refractivity (Wildman–Crippen MR) is 76.2 cm³/mol. The molecule has 1 N–H and O–H groups in total. The van der Waals surface area contributed by atoms with Crippen molar-refractivity contribution in [1.82, 2.24) is 5.43 Å². The highest BCUT2D eigenvalue weighted by molar-refractivity contribution is 6.00. The van der Waals surface area contributed by atoms with Gasteiger partial charge in [-0.2, -0.15) is 5.10 Å². The molecule has 0 atom stereocenters. The van der Waals surface area contributed by atoms with Gasteiger partial charge in [0.25, 0.3) is 5.69 Å². The molecule has 0 saturated heterocycles. The Hall–Kier alpha value is -2.96. The van der Waals surface area contributed by atoms with Crippen LogP contribution >= 0.6 is 0 Å². The van der Waals surface area contributed by atoms with Crippen LogP contribution in [0.1, 0.15) is 28.6 Å². The Bertz CT molecular complexity index is 705. The van der Waals surface area contributed by atoms with Crippen LogP contribution < -0.4 is 5.43 Å². The number of rotatable bonds is 4. The minimum atomic E-state index is -0.485. The van der Waals surface area contributed by atoms with E-state index in [1.165, 1.54) is 18.4 Å². The van der Waals surface area contributed by atoms with Crippen LogP contribution in [-0.4, -0.2) is 16.5 Å². The molecule has 0 bridgehead atoms. The predicted octanol–water partition coefficient (Wildman–Crippen LogP) is 2.65. The van der Waals surface area contributed by atoms with Crippen molar-refractivity contribution in [3.05, 3.63) is 63.6 Å². The molecule has 0 aliphatic carbocycles. The van der Waals surface area contributed by atoms with Gasteiger partial charge in [0.15, 0.2) is 5.76 Å². The van der Waals surface area contributed by atoms with E-state index in [0.717, 1.165) is 0 Å². The third kappa shape index (κ3) is 3.33. The number of hydrogen-bond acceptors (Lipinski definition) is 5. The van der Waals surface area contributed by atoms with Gasteiger partial charge in [-0.15, -0.1) is 0 Å². The van der Waals surface area contributed by atoms with Gasteiger partial charge in [-0.3, -0.25) is 14.9 Å². The Balaban J connectivity index is 2.18. The first-order valence-electron chi connectivity index (χ1n) is 6.12. The molecule has 0 saturated carbocycles. The van der Waals surface area contributed by atoms with E-state index in [2.05, 4.69) is 10.5 Å². The van der Waals surface area contributed by atoms with Crippen molar-refractivity contribution < 1.29 is 14.1 Å². The summed E-state index contributed by atoms with van der Waals surface area (Å²) >= 11 is 0. The Kier molecular flexibility index (Phi) is 4.13. The molecule has 7 nitrogen and oxygen atoms in total. The molecule has 0 spiro atoms. The van der Waals surface area contributed by atoms with Crippen molar-refractivity contribution in [2.75, 3.05) is 0 Å². The van der Waals surface area contributed by atoms with Crippen LogP contribution in [0.3, 0.4) is 0 Å². The number of amides is 1. The Labute approximate surface area is 120 Å². The van der Waals surface area contributed by atoms with Crippen LogP contribution in [0.4, 0.5) is 5.69 Å². The average molecular weight is 287 g/mol. The Morgan fingerprint density at radius 2 is 2.14 bits per heavy atom. The molecule has 2 rings (SSSR count). The number of benzene rings is 1. The second-order valence-electron chi connectivity index (χ2n) is 4.37. The molecule has 7 heteroatoms. The maximum Gasteiger partial charge on any atom is 0.307 e. The molecule has 0 fully saturated rings. The summed E-state index contributed by atoms with van der Waals surface area (Å²) in [5, 5.41) is 14.8. The summed E-state index contributed by atoms with van der Waals surface area (Å²) < 4.78 is 4.93. The fourth-order valence-electron chi connectivity index (χ4n) is 1.69. The number of hydrogen-bond donors (Lipinski definition) is 1. The summed E-state index contributed by atoms with van der Waals surface area (Å²) in [6, 6.07) is 7.87. The maximum atomic E-state index is 11.7. The van der Waals surface area contributed by atoms with Gasteiger partial charge >= 0.3 is 5.91 Å². The van der Waals surface area contributed by atoms with Gasteiger partial charge in [0.1, 0.15) is 0 Å². The molecule has 0 aliphatic rings. The van der Waals surface area contributed by atoms with E-state index in [1.54, 1.807) is 32.0 Å². The van der Waals surface area contributed by atoms with Gasteiger partial charge in [-0.25, -0.2) is 5.43 Å². The van der Waals surface area contributed by atoms with Crippen molar-refractivity contribution in [1.29, 1.82) is 0 Å². The molecule has 1 amide bonds. The van der Waals surface area contributed by atoms with Crippen molar-refractivity contribution in [3.63, 3.8) is 0 Å². The minimum absolute atomic E-state index is 0.0133. The van der Waals surface area contributed by atoms with Crippen LogP contribution in [0.15, 0.2) is 46.1 Å². The molecule has 0 unspecified atom stereocenters. The van der Waals surface area contributed by atoms with Gasteiger partial charge in [-0.05, 0) is 26.0 Å². The molecule has 108 valence electrons. The molecule has 0 radical (unpaired) electrons. The largest absolute Gasteiger partial charge is 0.459 e. The molecule has 1 aromatic heterocycles. The van der Waals surface area contributed by atoms with Crippen LogP contribution in [-0.2, 0) is 0 Å². The van der Waals surface area contributed by atoms with Gasteiger partial charge in [0.2, 0.25) is 0 Å². The zero-order chi connectivity index (χ0) is 15.4. The lowest BCUT2D eigenvalue weighted by molar-refractivity contribution is -0.385. The third-order valence-electron chi connectivity index (χ3n) is 2.89. The quantitative estimate of drug-likeness (QED) is 0.531. The highest BCUT2D eigenvalue weighted by atomic mass is 16.6. The fraction of sp³-hybridized carbons (Fsp3) is 0.143. The van der Waals surface area contributed by atoms with Crippen LogP contribution in [0.25, 0.3) is 0 Å². The number of carbonyl (C=O) groups is 1. The van der Waals surface area contributed by atoms with Gasteiger partial charge in [0.05, 0.1) is 16.9 Å². The number of furan rings is 1.